The Morgan fingerprint density at radius 1 is 1.29 bits per heavy atom. The van der Waals surface area contributed by atoms with Gasteiger partial charge in [-0.15, -0.1) is 0 Å². The first-order valence-corrected chi connectivity index (χ1v) is 4.41. The fraction of sp³-hybridized carbons (Fsp3) is 0.750. The Hall–Kier alpha value is -1.46. The second-order valence-electron chi connectivity index (χ2n) is 3.24. The summed E-state index contributed by atoms with van der Waals surface area (Å²) in [5, 5.41) is 2.46. The minimum Gasteiger partial charge on any atom is -0.352 e. The molecule has 0 aliphatic carbocycles. The second-order valence-corrected chi connectivity index (χ2v) is 3.24. The fourth-order valence-electron chi connectivity index (χ4n) is 0.965. The van der Waals surface area contributed by atoms with Crippen molar-refractivity contribution in [2.75, 3.05) is 34.2 Å². The minimum atomic E-state index is -0.536. The number of amides is 4. The molecule has 0 aromatic carbocycles. The number of hydrogen-bond donors (Lipinski definition) is 2. The molecule has 0 heterocycles. The highest BCUT2D eigenvalue weighted by Crippen LogP contribution is 1.92. The lowest BCUT2D eigenvalue weighted by Gasteiger charge is -2.21. The molecule has 0 atom stereocenters. The largest absolute Gasteiger partial charge is 0.352 e. The van der Waals surface area contributed by atoms with E-state index in [1.54, 1.807) is 26.0 Å². The number of urea groups is 2. The summed E-state index contributed by atoms with van der Waals surface area (Å²) in [5.74, 6) is 0. The van der Waals surface area contributed by atoms with Gasteiger partial charge in [-0.1, -0.05) is 0 Å². The van der Waals surface area contributed by atoms with Crippen LogP contribution in [0, 0.1) is 0 Å². The number of nitrogens with zero attached hydrogens (tertiary/aromatic N) is 2. The molecule has 0 spiro atoms. The number of rotatable bonds is 4. The summed E-state index contributed by atoms with van der Waals surface area (Å²) in [6, 6.07) is -0.587. The van der Waals surface area contributed by atoms with Gasteiger partial charge in [-0.05, 0) is 6.42 Å². The molecule has 0 rings (SSSR count). The van der Waals surface area contributed by atoms with Crippen LogP contribution in [0.3, 0.4) is 0 Å². The molecule has 3 N–H and O–H groups in total. The van der Waals surface area contributed by atoms with Crippen LogP contribution in [0.15, 0.2) is 0 Å². The Bertz CT molecular complexity index is 206. The van der Waals surface area contributed by atoms with Crippen LogP contribution in [0.5, 0.6) is 0 Å². The lowest BCUT2D eigenvalue weighted by Crippen LogP contribution is -2.38. The van der Waals surface area contributed by atoms with E-state index in [-0.39, 0.29) is 6.03 Å². The molecule has 6 heteroatoms. The maximum Gasteiger partial charge on any atom is 0.319 e. The third-order valence-corrected chi connectivity index (χ3v) is 1.68. The van der Waals surface area contributed by atoms with Crippen molar-refractivity contribution in [3.8, 4) is 0 Å². The van der Waals surface area contributed by atoms with Crippen molar-refractivity contribution in [3.63, 3.8) is 0 Å². The molecule has 4 amide bonds. The standard InChI is InChI=1S/C8H18N4O2/c1-11(2)8(14)12(3)6-4-5-10-7(9)13/h4-6H2,1-3H3,(H3,9,10,13). The molecule has 0 saturated carbocycles. The van der Waals surface area contributed by atoms with Crippen LogP contribution in [0.1, 0.15) is 6.42 Å². The van der Waals surface area contributed by atoms with Gasteiger partial charge in [0.25, 0.3) is 0 Å². The van der Waals surface area contributed by atoms with Crippen molar-refractivity contribution in [2.24, 2.45) is 5.73 Å². The molecule has 0 aliphatic heterocycles. The van der Waals surface area contributed by atoms with Crippen molar-refractivity contribution in [3.05, 3.63) is 0 Å². The predicted octanol–water partition coefficient (Wildman–Crippen LogP) is -0.342. The first-order valence-electron chi connectivity index (χ1n) is 4.41. The van der Waals surface area contributed by atoms with E-state index < -0.39 is 6.03 Å². The van der Waals surface area contributed by atoms with Crippen molar-refractivity contribution >= 4 is 12.1 Å². The van der Waals surface area contributed by atoms with Gasteiger partial charge in [0.05, 0.1) is 0 Å². The number of nitrogens with two attached hydrogens (primary N) is 1. The molecule has 0 bridgehead atoms. The molecule has 82 valence electrons. The molecule has 14 heavy (non-hydrogen) atoms. The van der Waals surface area contributed by atoms with E-state index in [2.05, 4.69) is 5.32 Å². The minimum absolute atomic E-state index is 0.0518. The van der Waals surface area contributed by atoms with Crippen molar-refractivity contribution < 1.29 is 9.59 Å². The van der Waals surface area contributed by atoms with Crippen molar-refractivity contribution in [1.29, 1.82) is 0 Å². The van der Waals surface area contributed by atoms with E-state index >= 15 is 0 Å². The van der Waals surface area contributed by atoms with Gasteiger partial charge in [0, 0.05) is 34.2 Å². The molecular weight excluding hydrogens is 184 g/mol. The number of hydrogen-bond acceptors (Lipinski definition) is 2. The van der Waals surface area contributed by atoms with E-state index in [1.165, 1.54) is 4.90 Å². The highest BCUT2D eigenvalue weighted by molar-refractivity contribution is 5.73. The molecule has 0 aliphatic rings. The van der Waals surface area contributed by atoms with Gasteiger partial charge in [-0.3, -0.25) is 0 Å². The highest BCUT2D eigenvalue weighted by Gasteiger charge is 2.09. The van der Waals surface area contributed by atoms with Gasteiger partial charge in [0.15, 0.2) is 0 Å². The van der Waals surface area contributed by atoms with Gasteiger partial charge < -0.3 is 20.9 Å². The molecule has 0 aromatic rings. The zero-order valence-electron chi connectivity index (χ0n) is 8.91. The van der Waals surface area contributed by atoms with Crippen LogP contribution in [-0.2, 0) is 0 Å². The van der Waals surface area contributed by atoms with Gasteiger partial charge in [-0.25, -0.2) is 9.59 Å². The average molecular weight is 202 g/mol. The van der Waals surface area contributed by atoms with Crippen LogP contribution in [0.4, 0.5) is 9.59 Å². The number of carbonyl (C=O) groups excluding carboxylic acids is 2. The Labute approximate surface area is 84.0 Å². The van der Waals surface area contributed by atoms with Crippen LogP contribution in [-0.4, -0.2) is 56.1 Å². The van der Waals surface area contributed by atoms with E-state index in [4.69, 9.17) is 5.73 Å². The summed E-state index contributed by atoms with van der Waals surface area (Å²) in [7, 11) is 5.10. The van der Waals surface area contributed by atoms with Gasteiger partial charge in [0.2, 0.25) is 0 Å². The third kappa shape index (κ3) is 5.23. The lowest BCUT2D eigenvalue weighted by atomic mass is 10.4. The van der Waals surface area contributed by atoms with Crippen LogP contribution < -0.4 is 11.1 Å². The summed E-state index contributed by atoms with van der Waals surface area (Å²) in [5.41, 5.74) is 4.88. The van der Waals surface area contributed by atoms with E-state index in [0.717, 1.165) is 0 Å². The molecule has 0 saturated heterocycles. The maximum absolute atomic E-state index is 11.3. The molecular formula is C8H18N4O2. The Morgan fingerprint density at radius 2 is 1.86 bits per heavy atom. The van der Waals surface area contributed by atoms with Crippen LogP contribution in [0.25, 0.3) is 0 Å². The second kappa shape index (κ2) is 6.06. The quantitative estimate of drug-likeness (QED) is 0.612. The number of carbonyl (C=O) groups is 2. The fourth-order valence-corrected chi connectivity index (χ4v) is 0.965. The van der Waals surface area contributed by atoms with Gasteiger partial charge >= 0.3 is 12.1 Å². The maximum atomic E-state index is 11.3. The average Bonchev–Trinajstić information content (AvgIpc) is 2.10. The summed E-state index contributed by atoms with van der Waals surface area (Å²) in [4.78, 5) is 24.7. The predicted molar refractivity (Wildman–Crippen MR) is 53.9 cm³/mol. The smallest absolute Gasteiger partial charge is 0.319 e. The van der Waals surface area contributed by atoms with E-state index in [0.29, 0.717) is 19.5 Å². The summed E-state index contributed by atoms with van der Waals surface area (Å²) in [6.07, 6.45) is 0.693. The van der Waals surface area contributed by atoms with E-state index in [1.807, 2.05) is 0 Å². The number of nitrogens with one attached hydrogen (secondary N) is 1. The Balaban J connectivity index is 3.59. The van der Waals surface area contributed by atoms with Gasteiger partial charge in [0.1, 0.15) is 0 Å². The monoisotopic (exact) mass is 202 g/mol. The first kappa shape index (κ1) is 12.5. The lowest BCUT2D eigenvalue weighted by molar-refractivity contribution is 0.181. The zero-order chi connectivity index (χ0) is 11.1. The third-order valence-electron chi connectivity index (χ3n) is 1.68. The SMILES string of the molecule is CN(C)C(=O)N(C)CCCNC(N)=O. The topological polar surface area (TPSA) is 78.7 Å². The molecule has 0 unspecified atom stereocenters. The normalized spacial score (nSPS) is 9.36. The van der Waals surface area contributed by atoms with Crippen molar-refractivity contribution in [1.82, 2.24) is 15.1 Å². The van der Waals surface area contributed by atoms with Gasteiger partial charge in [-0.2, -0.15) is 0 Å². The summed E-state index contributed by atoms with van der Waals surface area (Å²) < 4.78 is 0. The highest BCUT2D eigenvalue weighted by atomic mass is 16.2. The number of primary amides is 1. The Morgan fingerprint density at radius 3 is 2.29 bits per heavy atom. The zero-order valence-corrected chi connectivity index (χ0v) is 8.91. The van der Waals surface area contributed by atoms with Crippen LogP contribution >= 0.6 is 0 Å². The molecule has 6 nitrogen and oxygen atoms in total. The Kier molecular flexibility index (Phi) is 5.43. The molecule has 0 fully saturated rings. The first-order chi connectivity index (χ1) is 6.45. The summed E-state index contributed by atoms with van der Waals surface area (Å²) in [6.45, 7) is 1.08. The summed E-state index contributed by atoms with van der Waals surface area (Å²) >= 11 is 0. The van der Waals surface area contributed by atoms with Crippen molar-refractivity contribution in [2.45, 2.75) is 6.42 Å². The molecule has 0 radical (unpaired) electrons. The van der Waals surface area contributed by atoms with E-state index in [9.17, 15) is 9.59 Å². The van der Waals surface area contributed by atoms with Crippen LogP contribution in [0.2, 0.25) is 0 Å². The molecule has 0 aromatic heterocycles.